The number of aromatic nitrogens is 2. The van der Waals surface area contributed by atoms with Crippen molar-refractivity contribution in [2.75, 3.05) is 13.1 Å². The van der Waals surface area contributed by atoms with Crippen molar-refractivity contribution in [3.63, 3.8) is 0 Å². The van der Waals surface area contributed by atoms with E-state index in [-0.39, 0.29) is 24.7 Å². The van der Waals surface area contributed by atoms with E-state index in [4.69, 9.17) is 5.10 Å². The fourth-order valence-corrected chi connectivity index (χ4v) is 5.00. The number of aryl methyl sites for hydroxylation is 2. The molecule has 8 heteroatoms. The van der Waals surface area contributed by atoms with Gasteiger partial charge in [-0.05, 0) is 37.1 Å². The van der Waals surface area contributed by atoms with E-state index in [1.165, 1.54) is 0 Å². The number of sulfonamides is 1. The Morgan fingerprint density at radius 2 is 1.60 bits per heavy atom. The Morgan fingerprint density at radius 1 is 0.914 bits per heavy atom. The molecule has 7 nitrogen and oxygen atoms in total. The first-order valence-electron chi connectivity index (χ1n) is 11.3. The van der Waals surface area contributed by atoms with E-state index in [0.29, 0.717) is 16.8 Å². The first kappa shape index (κ1) is 24.4. The molecule has 0 spiro atoms. The minimum absolute atomic E-state index is 0.0899. The molecule has 2 N–H and O–H groups in total. The molecule has 180 valence electrons. The molecule has 1 heterocycles. The van der Waals surface area contributed by atoms with Gasteiger partial charge in [0.25, 0.3) is 5.91 Å². The zero-order chi connectivity index (χ0) is 24.8. The van der Waals surface area contributed by atoms with Gasteiger partial charge < -0.3 is 5.32 Å². The molecule has 35 heavy (non-hydrogen) atoms. The lowest BCUT2D eigenvalue weighted by Crippen LogP contribution is -2.35. The Kier molecular flexibility index (Phi) is 7.43. The van der Waals surface area contributed by atoms with E-state index in [2.05, 4.69) is 16.1 Å². The van der Waals surface area contributed by atoms with Crippen molar-refractivity contribution in [3.8, 4) is 16.9 Å². The number of benzene rings is 3. The molecule has 1 amide bonds. The normalized spacial score (nSPS) is 11.4. The molecule has 0 saturated carbocycles. The summed E-state index contributed by atoms with van der Waals surface area (Å²) in [5.74, 6) is -0.424. The predicted molar refractivity (Wildman–Crippen MR) is 138 cm³/mol. The third-order valence-corrected chi connectivity index (χ3v) is 6.91. The van der Waals surface area contributed by atoms with E-state index in [1.54, 1.807) is 35.1 Å². The summed E-state index contributed by atoms with van der Waals surface area (Å²) >= 11 is 0. The lowest BCUT2D eigenvalue weighted by molar-refractivity contribution is 0.0955. The fourth-order valence-electron chi connectivity index (χ4n) is 3.85. The molecule has 0 saturated heterocycles. The number of hydrogen-bond donors (Lipinski definition) is 2. The molecule has 0 unspecified atom stereocenters. The van der Waals surface area contributed by atoms with E-state index in [0.717, 1.165) is 22.4 Å². The Morgan fingerprint density at radius 3 is 2.29 bits per heavy atom. The van der Waals surface area contributed by atoms with Gasteiger partial charge in [0, 0.05) is 24.8 Å². The molecule has 1 aromatic heterocycles. The zero-order valence-electron chi connectivity index (χ0n) is 19.7. The molecule has 0 atom stereocenters. The van der Waals surface area contributed by atoms with Gasteiger partial charge in [0.15, 0.2) is 0 Å². The van der Waals surface area contributed by atoms with Crippen LogP contribution in [-0.4, -0.2) is 37.2 Å². The molecule has 0 aliphatic rings. The number of para-hydroxylation sites is 1. The Balaban J connectivity index is 1.49. The van der Waals surface area contributed by atoms with Crippen molar-refractivity contribution in [1.82, 2.24) is 19.8 Å². The van der Waals surface area contributed by atoms with Crippen LogP contribution in [0, 0.1) is 13.8 Å². The molecular formula is C27H28N4O3S. The monoisotopic (exact) mass is 488 g/mol. The van der Waals surface area contributed by atoms with E-state index in [1.807, 2.05) is 62.4 Å². The second kappa shape index (κ2) is 10.7. The van der Waals surface area contributed by atoms with Crippen LogP contribution in [0.25, 0.3) is 16.9 Å². The maximum Gasteiger partial charge on any atom is 0.255 e. The summed E-state index contributed by atoms with van der Waals surface area (Å²) in [5, 5.41) is 7.54. The lowest BCUT2D eigenvalue weighted by Gasteiger charge is -2.09. The van der Waals surface area contributed by atoms with E-state index in [9.17, 15) is 13.2 Å². The number of nitrogens with one attached hydrogen (secondary N) is 2. The fraction of sp³-hybridized carbons (Fsp3) is 0.185. The first-order valence-corrected chi connectivity index (χ1v) is 13.0. The van der Waals surface area contributed by atoms with Crippen LogP contribution in [0.2, 0.25) is 0 Å². The highest BCUT2D eigenvalue weighted by molar-refractivity contribution is 7.88. The number of amides is 1. The highest BCUT2D eigenvalue weighted by atomic mass is 32.2. The van der Waals surface area contributed by atoms with Gasteiger partial charge in [-0.1, -0.05) is 72.3 Å². The minimum Gasteiger partial charge on any atom is -0.351 e. The molecule has 0 radical (unpaired) electrons. The van der Waals surface area contributed by atoms with Crippen molar-refractivity contribution in [3.05, 3.63) is 107 Å². The number of hydrogen-bond acceptors (Lipinski definition) is 4. The summed E-state index contributed by atoms with van der Waals surface area (Å²) in [6.07, 6.45) is 1.71. The van der Waals surface area contributed by atoms with Gasteiger partial charge in [0.2, 0.25) is 10.0 Å². The standard InChI is InChI=1S/C27H28N4O3S/c1-20-13-14-24(21(2)17-20)26-25(18-31(30-26)23-11-7-4-8-12-23)27(32)28-15-16-29-35(33,34)19-22-9-5-3-6-10-22/h3-14,17-18,29H,15-16,19H2,1-2H3,(H,28,32). The average molecular weight is 489 g/mol. The maximum atomic E-state index is 13.1. The van der Waals surface area contributed by atoms with Gasteiger partial charge in [-0.15, -0.1) is 0 Å². The van der Waals surface area contributed by atoms with Gasteiger partial charge in [-0.2, -0.15) is 5.10 Å². The summed E-state index contributed by atoms with van der Waals surface area (Å²) < 4.78 is 28.9. The van der Waals surface area contributed by atoms with Gasteiger partial charge in [-0.25, -0.2) is 17.8 Å². The first-order chi connectivity index (χ1) is 16.8. The van der Waals surface area contributed by atoms with E-state index >= 15 is 0 Å². The van der Waals surface area contributed by atoms with Crippen molar-refractivity contribution in [2.24, 2.45) is 0 Å². The molecule has 0 aliphatic heterocycles. The van der Waals surface area contributed by atoms with Crippen LogP contribution in [0.1, 0.15) is 27.0 Å². The number of rotatable bonds is 9. The van der Waals surface area contributed by atoms with Crippen molar-refractivity contribution >= 4 is 15.9 Å². The molecule has 4 aromatic rings. The molecule has 4 rings (SSSR count). The quantitative estimate of drug-likeness (QED) is 0.348. The van der Waals surface area contributed by atoms with Crippen LogP contribution >= 0.6 is 0 Å². The largest absolute Gasteiger partial charge is 0.351 e. The van der Waals surface area contributed by atoms with Gasteiger partial charge in [0.05, 0.1) is 17.0 Å². The topological polar surface area (TPSA) is 93.1 Å². The highest BCUT2D eigenvalue weighted by Crippen LogP contribution is 2.27. The third-order valence-electron chi connectivity index (χ3n) is 5.55. The number of carbonyl (C=O) groups is 1. The summed E-state index contributed by atoms with van der Waals surface area (Å²) in [7, 11) is -3.51. The summed E-state index contributed by atoms with van der Waals surface area (Å²) in [4.78, 5) is 13.1. The highest BCUT2D eigenvalue weighted by Gasteiger charge is 2.20. The molecule has 0 bridgehead atoms. The maximum absolute atomic E-state index is 13.1. The Bertz CT molecular complexity index is 1420. The molecule has 3 aromatic carbocycles. The average Bonchev–Trinajstić information content (AvgIpc) is 3.28. The summed E-state index contributed by atoms with van der Waals surface area (Å²) in [6, 6.07) is 24.6. The van der Waals surface area contributed by atoms with Gasteiger partial charge in [0.1, 0.15) is 5.69 Å². The van der Waals surface area contributed by atoms with Crippen molar-refractivity contribution < 1.29 is 13.2 Å². The van der Waals surface area contributed by atoms with Crippen molar-refractivity contribution in [2.45, 2.75) is 19.6 Å². The van der Waals surface area contributed by atoms with Crippen LogP contribution < -0.4 is 10.0 Å². The number of nitrogens with zero attached hydrogens (tertiary/aromatic N) is 2. The Hall–Kier alpha value is -3.75. The SMILES string of the molecule is Cc1ccc(-c2nn(-c3ccccc3)cc2C(=O)NCCNS(=O)(=O)Cc2ccccc2)c(C)c1. The second-order valence-electron chi connectivity index (χ2n) is 8.38. The smallest absolute Gasteiger partial charge is 0.255 e. The van der Waals surface area contributed by atoms with Crippen LogP contribution in [-0.2, 0) is 15.8 Å². The van der Waals surface area contributed by atoms with Crippen LogP contribution in [0.4, 0.5) is 0 Å². The molecule has 0 aliphatic carbocycles. The summed E-state index contributed by atoms with van der Waals surface area (Å²) in [5.41, 5.74) is 5.57. The predicted octanol–water partition coefficient (Wildman–Crippen LogP) is 4.01. The van der Waals surface area contributed by atoms with Gasteiger partial charge in [-0.3, -0.25) is 4.79 Å². The molecular weight excluding hydrogens is 460 g/mol. The lowest BCUT2D eigenvalue weighted by atomic mass is 10.0. The van der Waals surface area contributed by atoms with Crippen LogP contribution in [0.15, 0.2) is 85.1 Å². The second-order valence-corrected chi connectivity index (χ2v) is 10.2. The van der Waals surface area contributed by atoms with E-state index < -0.39 is 10.0 Å². The summed E-state index contributed by atoms with van der Waals surface area (Å²) in [6.45, 7) is 4.25. The van der Waals surface area contributed by atoms with Crippen LogP contribution in [0.5, 0.6) is 0 Å². The van der Waals surface area contributed by atoms with Crippen LogP contribution in [0.3, 0.4) is 0 Å². The number of carbonyl (C=O) groups excluding carboxylic acids is 1. The Labute approximate surface area is 205 Å². The zero-order valence-corrected chi connectivity index (χ0v) is 20.5. The third kappa shape index (κ3) is 6.23. The van der Waals surface area contributed by atoms with Crippen molar-refractivity contribution in [1.29, 1.82) is 0 Å². The molecule has 0 fully saturated rings. The van der Waals surface area contributed by atoms with Gasteiger partial charge >= 0.3 is 0 Å². The minimum atomic E-state index is -3.51.